The zero-order valence-corrected chi connectivity index (χ0v) is 8.57. The minimum Gasteiger partial charge on any atom is -0.409 e. The molecule has 1 aromatic heterocycles. The second-order valence-corrected chi connectivity index (χ2v) is 2.89. The molecule has 80 valence electrons. The minimum atomic E-state index is 0. The largest absolute Gasteiger partial charge is 0.409 e. The van der Waals surface area contributed by atoms with Gasteiger partial charge < -0.3 is 15.5 Å². The number of hydrogen-bond donors (Lipinski definition) is 2. The summed E-state index contributed by atoms with van der Waals surface area (Å²) in [6.45, 7) is 0. The summed E-state index contributed by atoms with van der Waals surface area (Å²) in [5.41, 5.74) is 6.75. The maximum absolute atomic E-state index is 8.41. The van der Waals surface area contributed by atoms with Crippen molar-refractivity contribution in [3.63, 3.8) is 0 Å². The molecule has 0 atom stereocenters. The number of nitrogens with zero attached hydrogens (tertiary/aromatic N) is 2. The molecule has 0 radical (unpaired) electrons. The maximum atomic E-state index is 8.41. The molecule has 15 heavy (non-hydrogen) atoms. The highest BCUT2D eigenvalue weighted by atomic mass is 35.5. The van der Waals surface area contributed by atoms with Crippen LogP contribution in [0.25, 0.3) is 11.0 Å². The molecule has 5 nitrogen and oxygen atoms in total. The molecule has 0 amide bonds. The Morgan fingerprint density at radius 1 is 1.47 bits per heavy atom. The van der Waals surface area contributed by atoms with Gasteiger partial charge in [-0.05, 0) is 12.1 Å². The number of rotatable bonds is 2. The van der Waals surface area contributed by atoms with Crippen LogP contribution in [0.2, 0.25) is 0 Å². The van der Waals surface area contributed by atoms with Crippen LogP contribution in [0.15, 0.2) is 33.9 Å². The summed E-state index contributed by atoms with van der Waals surface area (Å²) < 4.78 is 5.05. The predicted molar refractivity (Wildman–Crippen MR) is 58.4 cm³/mol. The van der Waals surface area contributed by atoms with Crippen LogP contribution in [0.1, 0.15) is 5.69 Å². The van der Waals surface area contributed by atoms with Crippen LogP contribution < -0.4 is 5.73 Å². The zero-order chi connectivity index (χ0) is 9.97. The van der Waals surface area contributed by atoms with Crippen molar-refractivity contribution in [1.29, 1.82) is 0 Å². The second-order valence-electron chi connectivity index (χ2n) is 2.89. The van der Waals surface area contributed by atoms with Crippen molar-refractivity contribution < 1.29 is 9.73 Å². The minimum absolute atomic E-state index is 0. The van der Waals surface area contributed by atoms with E-state index in [1.807, 2.05) is 24.3 Å². The fourth-order valence-electron chi connectivity index (χ4n) is 1.27. The molecule has 0 aliphatic carbocycles. The molecule has 0 saturated carbocycles. The molecule has 0 unspecified atom stereocenters. The number of oxime groups is 1. The van der Waals surface area contributed by atoms with E-state index in [1.165, 1.54) is 0 Å². The fourth-order valence-corrected chi connectivity index (χ4v) is 1.27. The van der Waals surface area contributed by atoms with E-state index in [2.05, 4.69) is 10.3 Å². The topological polar surface area (TPSA) is 84.6 Å². The lowest BCUT2D eigenvalue weighted by atomic mass is 10.2. The Balaban J connectivity index is 0.00000112. The Hall–Kier alpha value is -1.75. The van der Waals surface area contributed by atoms with Gasteiger partial charge in [-0.3, -0.25) is 0 Å². The first-order chi connectivity index (χ1) is 6.81. The first kappa shape index (κ1) is 11.3. The summed E-state index contributed by atoms with van der Waals surface area (Å²) in [5.74, 6) is 0.115. The summed E-state index contributed by atoms with van der Waals surface area (Å²) in [5, 5.41) is 16.0. The molecular weight excluding hydrogens is 218 g/mol. The molecule has 1 aromatic carbocycles. The smallest absolute Gasteiger partial charge is 0.167 e. The quantitative estimate of drug-likeness (QED) is 0.353. The third kappa shape index (κ3) is 2.19. The lowest BCUT2D eigenvalue weighted by molar-refractivity contribution is 0.317. The normalized spacial score (nSPS) is 11.3. The first-order valence-electron chi connectivity index (χ1n) is 4.11. The molecule has 0 aliphatic rings. The zero-order valence-electron chi connectivity index (χ0n) is 7.75. The number of benzene rings is 1. The summed E-state index contributed by atoms with van der Waals surface area (Å²) in [6, 6.07) is 7.44. The van der Waals surface area contributed by atoms with Gasteiger partial charge in [0.25, 0.3) is 0 Å². The molecule has 0 saturated heterocycles. The standard InChI is InChI=1S/C9H9N3O2.ClH/c10-9(11-13)5-7-6-3-1-2-4-8(6)14-12-7;/h1-4,13H,5H2,(H2,10,11);1H. The lowest BCUT2D eigenvalue weighted by Gasteiger charge is -1.93. The van der Waals surface area contributed by atoms with Crippen molar-refractivity contribution in [3.8, 4) is 0 Å². The van der Waals surface area contributed by atoms with Gasteiger partial charge in [0.1, 0.15) is 5.84 Å². The van der Waals surface area contributed by atoms with E-state index < -0.39 is 0 Å². The molecule has 1 heterocycles. The van der Waals surface area contributed by atoms with Gasteiger partial charge in [0, 0.05) is 5.39 Å². The summed E-state index contributed by atoms with van der Waals surface area (Å²) in [6.07, 6.45) is 0.285. The molecule has 6 heteroatoms. The molecule has 0 spiro atoms. The summed E-state index contributed by atoms with van der Waals surface area (Å²) >= 11 is 0. The summed E-state index contributed by atoms with van der Waals surface area (Å²) in [7, 11) is 0. The van der Waals surface area contributed by atoms with Gasteiger partial charge in [-0.2, -0.15) is 0 Å². The van der Waals surface area contributed by atoms with E-state index in [-0.39, 0.29) is 24.7 Å². The third-order valence-electron chi connectivity index (χ3n) is 1.93. The van der Waals surface area contributed by atoms with Gasteiger partial charge >= 0.3 is 0 Å². The van der Waals surface area contributed by atoms with Crippen LogP contribution in [-0.4, -0.2) is 16.2 Å². The van der Waals surface area contributed by atoms with Gasteiger partial charge in [-0.25, -0.2) is 0 Å². The van der Waals surface area contributed by atoms with Crippen molar-refractivity contribution in [2.75, 3.05) is 0 Å². The van der Waals surface area contributed by atoms with Gasteiger partial charge in [0.15, 0.2) is 5.58 Å². The van der Waals surface area contributed by atoms with Crippen LogP contribution in [-0.2, 0) is 6.42 Å². The van der Waals surface area contributed by atoms with Crippen LogP contribution in [0.3, 0.4) is 0 Å². The van der Waals surface area contributed by atoms with Gasteiger partial charge in [-0.1, -0.05) is 22.4 Å². The monoisotopic (exact) mass is 227 g/mol. The Morgan fingerprint density at radius 2 is 2.20 bits per heavy atom. The van der Waals surface area contributed by atoms with E-state index in [9.17, 15) is 0 Å². The van der Waals surface area contributed by atoms with Crippen LogP contribution >= 0.6 is 12.4 Å². The Morgan fingerprint density at radius 3 is 2.93 bits per heavy atom. The Kier molecular flexibility index (Phi) is 3.51. The highest BCUT2D eigenvalue weighted by Crippen LogP contribution is 2.17. The van der Waals surface area contributed by atoms with E-state index >= 15 is 0 Å². The molecule has 3 N–H and O–H groups in total. The number of halogens is 1. The van der Waals surface area contributed by atoms with Crippen molar-refractivity contribution >= 4 is 29.2 Å². The Bertz CT molecular complexity index is 481. The lowest BCUT2D eigenvalue weighted by Crippen LogP contribution is -2.14. The Labute approximate surface area is 91.9 Å². The van der Waals surface area contributed by atoms with Gasteiger partial charge in [-0.15, -0.1) is 12.4 Å². The number of amidine groups is 1. The van der Waals surface area contributed by atoms with Crippen molar-refractivity contribution in [3.05, 3.63) is 30.0 Å². The van der Waals surface area contributed by atoms with Crippen molar-refractivity contribution in [2.45, 2.75) is 6.42 Å². The molecule has 0 aliphatic heterocycles. The molecule has 0 bridgehead atoms. The van der Waals surface area contributed by atoms with E-state index in [0.29, 0.717) is 11.3 Å². The SMILES string of the molecule is Cl.N/C(Cc1noc2ccccc12)=N\O. The van der Waals surface area contributed by atoms with Crippen molar-refractivity contribution in [1.82, 2.24) is 5.16 Å². The molecule has 0 fully saturated rings. The number of fused-ring (bicyclic) bond motifs is 1. The van der Waals surface area contributed by atoms with Crippen molar-refractivity contribution in [2.24, 2.45) is 10.9 Å². The van der Waals surface area contributed by atoms with Gasteiger partial charge in [0.05, 0.1) is 12.1 Å². The maximum Gasteiger partial charge on any atom is 0.167 e. The van der Waals surface area contributed by atoms with Crippen LogP contribution in [0, 0.1) is 0 Å². The van der Waals surface area contributed by atoms with Gasteiger partial charge in [0.2, 0.25) is 0 Å². The molecule has 2 rings (SSSR count). The molecule has 2 aromatic rings. The van der Waals surface area contributed by atoms with E-state index in [4.69, 9.17) is 15.5 Å². The van der Waals surface area contributed by atoms with Crippen LogP contribution in [0.5, 0.6) is 0 Å². The van der Waals surface area contributed by atoms with E-state index in [0.717, 1.165) is 5.39 Å². The fraction of sp³-hybridized carbons (Fsp3) is 0.111. The predicted octanol–water partition coefficient (Wildman–Crippen LogP) is 1.54. The highest BCUT2D eigenvalue weighted by Gasteiger charge is 2.08. The second kappa shape index (κ2) is 4.65. The summed E-state index contributed by atoms with van der Waals surface area (Å²) in [4.78, 5) is 0. The van der Waals surface area contributed by atoms with Crippen LogP contribution in [0.4, 0.5) is 0 Å². The number of para-hydroxylation sites is 1. The third-order valence-corrected chi connectivity index (χ3v) is 1.93. The number of aromatic nitrogens is 1. The molecular formula is C9H10ClN3O2. The number of nitrogens with two attached hydrogens (primary N) is 1. The number of hydrogen-bond acceptors (Lipinski definition) is 4. The van der Waals surface area contributed by atoms with E-state index in [1.54, 1.807) is 0 Å². The average molecular weight is 228 g/mol. The average Bonchev–Trinajstić information content (AvgIpc) is 2.62. The highest BCUT2D eigenvalue weighted by molar-refractivity contribution is 5.87. The first-order valence-corrected chi connectivity index (χ1v) is 4.11.